The number of aryl methyl sites for hydroxylation is 1. The largest absolute Gasteiger partial charge is 0.381 e. The first kappa shape index (κ1) is 18.1. The predicted octanol–water partition coefficient (Wildman–Crippen LogP) is 2.96. The third-order valence-electron chi connectivity index (χ3n) is 5.26. The van der Waals surface area contributed by atoms with Crippen LogP contribution < -0.4 is 5.32 Å². The number of carbonyl (C=O) groups is 1. The van der Waals surface area contributed by atoms with Gasteiger partial charge in [0, 0.05) is 54.7 Å². The number of nitrogens with one attached hydrogen (secondary N) is 2. The van der Waals surface area contributed by atoms with Crippen molar-refractivity contribution in [2.24, 2.45) is 0 Å². The van der Waals surface area contributed by atoms with E-state index in [1.165, 1.54) is 29.0 Å². The number of rotatable bonds is 4. The molecule has 3 aromatic rings. The molecule has 2 aromatic heterocycles. The van der Waals surface area contributed by atoms with Gasteiger partial charge < -0.3 is 15.0 Å². The number of amides is 1. The van der Waals surface area contributed by atoms with Crippen molar-refractivity contribution < 1.29 is 9.53 Å². The smallest absolute Gasteiger partial charge is 0.254 e. The minimum atomic E-state index is -0.265. The maximum absolute atomic E-state index is 12.3. The van der Waals surface area contributed by atoms with E-state index in [0.29, 0.717) is 18.0 Å². The minimum Gasteiger partial charge on any atom is -0.381 e. The van der Waals surface area contributed by atoms with Gasteiger partial charge >= 0.3 is 0 Å². The highest BCUT2D eigenvalue weighted by Gasteiger charge is 2.20. The van der Waals surface area contributed by atoms with Crippen molar-refractivity contribution in [2.75, 3.05) is 13.2 Å². The van der Waals surface area contributed by atoms with Crippen molar-refractivity contribution in [3.63, 3.8) is 0 Å². The summed E-state index contributed by atoms with van der Waals surface area (Å²) in [7, 11) is 0. The number of aromatic amines is 1. The van der Waals surface area contributed by atoms with E-state index in [4.69, 9.17) is 10.00 Å². The highest BCUT2D eigenvalue weighted by atomic mass is 16.5. The molecule has 1 saturated heterocycles. The Bertz CT molecular complexity index is 1040. The highest BCUT2D eigenvalue weighted by Crippen LogP contribution is 2.33. The van der Waals surface area contributed by atoms with Crippen molar-refractivity contribution in [3.8, 4) is 6.07 Å². The SMILES string of the molecule is Cc1c(C2CCOCC2)[nH]c2ccc(CNC(=O)c3cnc(C#N)nc3)cc12. The van der Waals surface area contributed by atoms with Gasteiger partial charge in [-0.05, 0) is 43.0 Å². The molecule has 0 aliphatic carbocycles. The van der Waals surface area contributed by atoms with Gasteiger partial charge in [0.05, 0.1) is 5.56 Å². The van der Waals surface area contributed by atoms with E-state index in [2.05, 4.69) is 39.3 Å². The molecule has 0 atom stereocenters. The fourth-order valence-corrected chi connectivity index (χ4v) is 3.69. The lowest BCUT2D eigenvalue weighted by atomic mass is 9.93. The van der Waals surface area contributed by atoms with Crippen LogP contribution in [0.2, 0.25) is 0 Å². The topological polar surface area (TPSA) is 104 Å². The second kappa shape index (κ2) is 7.79. The van der Waals surface area contributed by atoms with Crippen LogP contribution in [0, 0.1) is 18.3 Å². The van der Waals surface area contributed by atoms with Gasteiger partial charge in [-0.15, -0.1) is 0 Å². The second-order valence-electron chi connectivity index (χ2n) is 7.02. The summed E-state index contributed by atoms with van der Waals surface area (Å²) >= 11 is 0. The van der Waals surface area contributed by atoms with Crippen molar-refractivity contribution in [1.82, 2.24) is 20.3 Å². The zero-order chi connectivity index (χ0) is 19.5. The summed E-state index contributed by atoms with van der Waals surface area (Å²) in [5.41, 5.74) is 5.05. The van der Waals surface area contributed by atoms with Crippen LogP contribution in [-0.2, 0) is 11.3 Å². The van der Waals surface area contributed by atoms with Gasteiger partial charge in [-0.2, -0.15) is 5.26 Å². The van der Waals surface area contributed by atoms with Gasteiger partial charge in [0.15, 0.2) is 0 Å². The molecule has 1 aliphatic heterocycles. The lowest BCUT2D eigenvalue weighted by molar-refractivity contribution is 0.0845. The van der Waals surface area contributed by atoms with Crippen LogP contribution in [0.4, 0.5) is 0 Å². The van der Waals surface area contributed by atoms with Gasteiger partial charge in [0.25, 0.3) is 5.91 Å². The minimum absolute atomic E-state index is 0.0465. The molecule has 1 amide bonds. The zero-order valence-corrected chi connectivity index (χ0v) is 15.7. The number of hydrogen-bond acceptors (Lipinski definition) is 5. The first-order valence-electron chi connectivity index (χ1n) is 9.35. The molecule has 0 unspecified atom stereocenters. The third kappa shape index (κ3) is 3.59. The number of fused-ring (bicyclic) bond motifs is 1. The predicted molar refractivity (Wildman–Crippen MR) is 104 cm³/mol. The maximum atomic E-state index is 12.3. The number of aromatic nitrogens is 3. The Kier molecular flexibility index (Phi) is 5.04. The summed E-state index contributed by atoms with van der Waals surface area (Å²) in [6.45, 7) is 4.19. The number of ether oxygens (including phenoxy) is 1. The second-order valence-corrected chi connectivity index (χ2v) is 7.02. The Morgan fingerprint density at radius 2 is 2.07 bits per heavy atom. The molecule has 7 heteroatoms. The third-order valence-corrected chi connectivity index (χ3v) is 5.26. The first-order valence-corrected chi connectivity index (χ1v) is 9.35. The summed E-state index contributed by atoms with van der Waals surface area (Å²) in [5, 5.41) is 12.8. The van der Waals surface area contributed by atoms with Gasteiger partial charge in [-0.25, -0.2) is 9.97 Å². The number of carbonyl (C=O) groups excluding carboxylic acids is 1. The summed E-state index contributed by atoms with van der Waals surface area (Å²) in [6, 6.07) is 8.04. The van der Waals surface area contributed by atoms with E-state index in [-0.39, 0.29) is 11.7 Å². The van der Waals surface area contributed by atoms with Crippen LogP contribution in [0.5, 0.6) is 0 Å². The number of H-pyrrole nitrogens is 1. The molecular weight excluding hydrogens is 354 g/mol. The fraction of sp³-hybridized carbons (Fsp3) is 0.333. The summed E-state index contributed by atoms with van der Waals surface area (Å²) in [5.74, 6) is 0.296. The van der Waals surface area contributed by atoms with Crippen LogP contribution in [0.3, 0.4) is 0 Å². The van der Waals surface area contributed by atoms with Crippen molar-refractivity contribution >= 4 is 16.8 Å². The Balaban J connectivity index is 1.49. The molecule has 1 fully saturated rings. The van der Waals surface area contributed by atoms with E-state index in [1.54, 1.807) is 0 Å². The average Bonchev–Trinajstić information content (AvgIpc) is 3.08. The molecule has 0 saturated carbocycles. The Labute approximate surface area is 162 Å². The van der Waals surface area contributed by atoms with E-state index in [1.807, 2.05) is 12.1 Å². The molecule has 0 spiro atoms. The molecule has 1 aromatic carbocycles. The Hall–Kier alpha value is -3.24. The van der Waals surface area contributed by atoms with Crippen LogP contribution in [0.1, 0.15) is 51.8 Å². The van der Waals surface area contributed by atoms with E-state index in [9.17, 15) is 4.79 Å². The highest BCUT2D eigenvalue weighted by molar-refractivity contribution is 5.93. The van der Waals surface area contributed by atoms with Crippen molar-refractivity contribution in [1.29, 1.82) is 5.26 Å². The maximum Gasteiger partial charge on any atom is 0.254 e. The number of hydrogen-bond donors (Lipinski definition) is 2. The lowest BCUT2D eigenvalue weighted by Crippen LogP contribution is -2.23. The van der Waals surface area contributed by atoms with Crippen molar-refractivity contribution in [2.45, 2.75) is 32.2 Å². The van der Waals surface area contributed by atoms with Gasteiger partial charge in [0.2, 0.25) is 5.82 Å². The molecule has 4 rings (SSSR count). The Morgan fingerprint density at radius 1 is 1.32 bits per heavy atom. The summed E-state index contributed by atoms with van der Waals surface area (Å²) < 4.78 is 5.48. The molecular formula is C21H21N5O2. The number of benzene rings is 1. The van der Waals surface area contributed by atoms with Crippen LogP contribution in [0.15, 0.2) is 30.6 Å². The first-order chi connectivity index (χ1) is 13.7. The van der Waals surface area contributed by atoms with Gasteiger partial charge in [0.1, 0.15) is 6.07 Å². The van der Waals surface area contributed by atoms with Gasteiger partial charge in [-0.1, -0.05) is 6.07 Å². The van der Waals surface area contributed by atoms with Gasteiger partial charge in [-0.3, -0.25) is 4.79 Å². The molecule has 3 heterocycles. The standard InChI is InChI=1S/C21H21N5O2/c1-13-17-8-14(10-25-21(27)16-11-23-19(9-22)24-12-16)2-3-18(17)26-20(13)15-4-6-28-7-5-15/h2-3,8,11-12,15,26H,4-7,10H2,1H3,(H,25,27). The van der Waals surface area contributed by atoms with Crippen LogP contribution >= 0.6 is 0 Å². The van der Waals surface area contributed by atoms with E-state index in [0.717, 1.165) is 37.1 Å². The monoisotopic (exact) mass is 375 g/mol. The molecule has 2 N–H and O–H groups in total. The molecule has 0 radical (unpaired) electrons. The fourth-order valence-electron chi connectivity index (χ4n) is 3.69. The zero-order valence-electron chi connectivity index (χ0n) is 15.7. The molecule has 142 valence electrons. The molecule has 0 bridgehead atoms. The van der Waals surface area contributed by atoms with Crippen LogP contribution in [0.25, 0.3) is 10.9 Å². The number of nitriles is 1. The van der Waals surface area contributed by atoms with E-state index >= 15 is 0 Å². The average molecular weight is 375 g/mol. The Morgan fingerprint density at radius 3 is 2.79 bits per heavy atom. The summed E-state index contributed by atoms with van der Waals surface area (Å²) in [6.07, 6.45) is 4.81. The van der Waals surface area contributed by atoms with Crippen LogP contribution in [-0.4, -0.2) is 34.1 Å². The quantitative estimate of drug-likeness (QED) is 0.730. The molecule has 1 aliphatic rings. The van der Waals surface area contributed by atoms with E-state index < -0.39 is 0 Å². The number of nitrogens with zero attached hydrogens (tertiary/aromatic N) is 3. The summed E-state index contributed by atoms with van der Waals surface area (Å²) in [4.78, 5) is 23.5. The van der Waals surface area contributed by atoms with Crippen molar-refractivity contribution in [3.05, 3.63) is 58.8 Å². The lowest BCUT2D eigenvalue weighted by Gasteiger charge is -2.21. The molecule has 28 heavy (non-hydrogen) atoms. The molecule has 7 nitrogen and oxygen atoms in total. The normalized spacial score (nSPS) is 14.7.